The van der Waals surface area contributed by atoms with Crippen LogP contribution in [0.15, 0.2) is 48.5 Å². The molecule has 0 aliphatic rings. The average molecular weight is 787 g/mol. The van der Waals surface area contributed by atoms with E-state index in [4.69, 9.17) is 32.4 Å². The third kappa shape index (κ3) is 21.9. The highest BCUT2D eigenvalue weighted by Crippen LogP contribution is 2.14. The molecule has 0 bridgehead atoms. The maximum Gasteiger partial charge on any atom is 0.407 e. The predicted molar refractivity (Wildman–Crippen MR) is 215 cm³/mol. The van der Waals surface area contributed by atoms with E-state index >= 15 is 0 Å². The molecule has 2 rings (SSSR count). The Balaban J connectivity index is 0.000000560. The van der Waals surface area contributed by atoms with Crippen molar-refractivity contribution in [1.82, 2.24) is 31.9 Å². The number of carbonyl (C=O) groups is 6. The third-order valence-electron chi connectivity index (χ3n) is 7.18. The quantitative estimate of drug-likeness (QED) is 0.0554. The second-order valence-corrected chi connectivity index (χ2v) is 14.6. The monoisotopic (exact) mass is 786 g/mol. The molecule has 0 heterocycles. The van der Waals surface area contributed by atoms with Gasteiger partial charge >= 0.3 is 12.2 Å². The highest BCUT2D eigenvalue weighted by molar-refractivity contribution is 6.01. The van der Waals surface area contributed by atoms with Crippen molar-refractivity contribution in [2.45, 2.75) is 65.6 Å². The van der Waals surface area contributed by atoms with Crippen molar-refractivity contribution in [3.05, 3.63) is 59.7 Å². The lowest BCUT2D eigenvalue weighted by Crippen LogP contribution is -2.45. The Labute approximate surface area is 329 Å². The van der Waals surface area contributed by atoms with E-state index in [0.29, 0.717) is 11.4 Å². The van der Waals surface area contributed by atoms with E-state index in [-0.39, 0.29) is 65.2 Å². The molecule has 2 unspecified atom stereocenters. The van der Waals surface area contributed by atoms with Crippen LogP contribution >= 0.6 is 0 Å². The topological polar surface area (TPSA) is 297 Å². The van der Waals surface area contributed by atoms with Gasteiger partial charge in [-0.2, -0.15) is 0 Å². The molecule has 0 fully saturated rings. The number of nitrogen functional groups attached to an aromatic ring is 2. The Hall–Kier alpha value is -5.62. The number of amides is 6. The predicted octanol–water partition coefficient (Wildman–Crippen LogP) is 0.287. The molecule has 56 heavy (non-hydrogen) atoms. The van der Waals surface area contributed by atoms with Crippen LogP contribution in [0.25, 0.3) is 0 Å². The summed E-state index contributed by atoms with van der Waals surface area (Å²) in [5, 5.41) is 15.7. The molecular formula is C38H62N10O8. The molecule has 312 valence electrons. The molecule has 18 heteroatoms. The molecule has 18 nitrogen and oxygen atoms in total. The standard InChI is InChI=1S/2C19H31N5O4/c2*1-19(2,3)28-18(27)24-11-10-23-17(26)15(16(25)22-9-8-20)12-13-4-6-14(21)7-5-13/h2*4-7,15H,8-12,20-21H2,1-3H3,(H,22,25)(H,23,26)(H,24,27). The maximum atomic E-state index is 12.5. The van der Waals surface area contributed by atoms with Gasteiger partial charge in [-0.3, -0.25) is 19.2 Å². The van der Waals surface area contributed by atoms with Gasteiger partial charge in [0, 0.05) is 63.7 Å². The van der Waals surface area contributed by atoms with Crippen LogP contribution in [0.5, 0.6) is 0 Å². The second-order valence-electron chi connectivity index (χ2n) is 14.6. The van der Waals surface area contributed by atoms with Crippen molar-refractivity contribution in [1.29, 1.82) is 0 Å². The molecule has 0 saturated carbocycles. The fraction of sp³-hybridized carbons (Fsp3) is 0.526. The average Bonchev–Trinajstić information content (AvgIpc) is 3.11. The first-order valence-corrected chi connectivity index (χ1v) is 18.4. The largest absolute Gasteiger partial charge is 0.444 e. The number of benzene rings is 2. The van der Waals surface area contributed by atoms with E-state index in [1.165, 1.54) is 0 Å². The van der Waals surface area contributed by atoms with Crippen molar-refractivity contribution in [3.63, 3.8) is 0 Å². The van der Waals surface area contributed by atoms with Crippen molar-refractivity contribution in [2.75, 3.05) is 63.8 Å². The number of nitrogens with two attached hydrogens (primary N) is 4. The Morgan fingerprint density at radius 1 is 0.482 bits per heavy atom. The molecule has 0 radical (unpaired) electrons. The number of carbonyl (C=O) groups excluding carboxylic acids is 6. The minimum Gasteiger partial charge on any atom is -0.444 e. The summed E-state index contributed by atoms with van der Waals surface area (Å²) < 4.78 is 10.2. The van der Waals surface area contributed by atoms with Crippen molar-refractivity contribution >= 4 is 47.2 Å². The Kier molecular flexibility index (Phi) is 21.4. The lowest BCUT2D eigenvalue weighted by molar-refractivity contribution is -0.136. The number of anilines is 2. The minimum absolute atomic E-state index is 0.167. The molecule has 0 aromatic heterocycles. The Morgan fingerprint density at radius 2 is 0.750 bits per heavy atom. The first-order chi connectivity index (χ1) is 26.2. The van der Waals surface area contributed by atoms with Gasteiger partial charge in [-0.1, -0.05) is 24.3 Å². The molecule has 2 aromatic carbocycles. The summed E-state index contributed by atoms with van der Waals surface area (Å²) in [5.41, 5.74) is 23.8. The molecule has 14 N–H and O–H groups in total. The molecule has 0 spiro atoms. The molecule has 0 aliphatic carbocycles. The SMILES string of the molecule is CC(C)(C)OC(=O)NCCNC(=O)C(Cc1ccc(N)cc1)C(=O)NCCN.CC(C)(C)OC(=O)NCCNC(=O)C(Cc1ccc(N)cc1)C(=O)NCCN. The summed E-state index contributed by atoms with van der Waals surface area (Å²) in [6, 6.07) is 14.0. The smallest absolute Gasteiger partial charge is 0.407 e. The molecule has 2 aromatic rings. The van der Waals surface area contributed by atoms with Crippen LogP contribution in [0.2, 0.25) is 0 Å². The van der Waals surface area contributed by atoms with E-state index in [9.17, 15) is 28.8 Å². The van der Waals surface area contributed by atoms with Gasteiger partial charge in [-0.15, -0.1) is 0 Å². The first kappa shape index (κ1) is 48.4. The van der Waals surface area contributed by atoms with Crippen LogP contribution in [0.3, 0.4) is 0 Å². The molecule has 0 aliphatic heterocycles. The zero-order valence-corrected chi connectivity index (χ0v) is 33.4. The Bertz CT molecular complexity index is 1430. The van der Waals surface area contributed by atoms with Crippen molar-refractivity contribution in [2.24, 2.45) is 23.3 Å². The maximum absolute atomic E-state index is 12.5. The summed E-state index contributed by atoms with van der Waals surface area (Å²) in [4.78, 5) is 73.0. The van der Waals surface area contributed by atoms with Gasteiger partial charge in [-0.05, 0) is 89.8 Å². The number of rotatable bonds is 18. The Morgan fingerprint density at radius 3 is 1.02 bits per heavy atom. The van der Waals surface area contributed by atoms with Gasteiger partial charge in [0.15, 0.2) is 0 Å². The van der Waals surface area contributed by atoms with Gasteiger partial charge in [0.25, 0.3) is 0 Å². The fourth-order valence-electron chi connectivity index (χ4n) is 4.60. The summed E-state index contributed by atoms with van der Waals surface area (Å²) in [7, 11) is 0. The highest BCUT2D eigenvalue weighted by Gasteiger charge is 2.28. The van der Waals surface area contributed by atoms with Crippen LogP contribution in [0.1, 0.15) is 52.7 Å². The molecule has 2 atom stereocenters. The number of hydrogen-bond donors (Lipinski definition) is 10. The fourth-order valence-corrected chi connectivity index (χ4v) is 4.60. The van der Waals surface area contributed by atoms with E-state index in [1.807, 2.05) is 0 Å². The van der Waals surface area contributed by atoms with Gasteiger partial charge in [0.1, 0.15) is 23.0 Å². The normalized spacial score (nSPS) is 12.0. The molecule has 0 saturated heterocycles. The van der Waals surface area contributed by atoms with Crippen LogP contribution in [0, 0.1) is 11.8 Å². The van der Waals surface area contributed by atoms with Gasteiger partial charge < -0.3 is 64.3 Å². The number of alkyl carbamates (subject to hydrolysis) is 2. The van der Waals surface area contributed by atoms with Crippen molar-refractivity contribution < 1.29 is 38.2 Å². The van der Waals surface area contributed by atoms with Crippen LogP contribution in [-0.4, -0.2) is 99.4 Å². The third-order valence-corrected chi connectivity index (χ3v) is 7.18. The first-order valence-electron chi connectivity index (χ1n) is 18.4. The summed E-state index contributed by atoms with van der Waals surface area (Å²) in [6.45, 7) is 12.4. The highest BCUT2D eigenvalue weighted by atomic mass is 16.6. The van der Waals surface area contributed by atoms with Crippen LogP contribution in [0.4, 0.5) is 21.0 Å². The van der Waals surface area contributed by atoms with Gasteiger partial charge in [-0.25, -0.2) is 9.59 Å². The van der Waals surface area contributed by atoms with E-state index < -0.39 is 58.9 Å². The lowest BCUT2D eigenvalue weighted by Gasteiger charge is -2.20. The number of hydrogen-bond acceptors (Lipinski definition) is 12. The van der Waals surface area contributed by atoms with Crippen LogP contribution in [-0.2, 0) is 41.5 Å². The summed E-state index contributed by atoms with van der Waals surface area (Å²) >= 11 is 0. The zero-order valence-electron chi connectivity index (χ0n) is 33.4. The number of nitrogens with one attached hydrogen (secondary N) is 6. The van der Waals surface area contributed by atoms with Gasteiger partial charge in [0.2, 0.25) is 23.6 Å². The molecular weight excluding hydrogens is 724 g/mol. The summed E-state index contributed by atoms with van der Waals surface area (Å²) in [6.07, 6.45) is -0.689. The summed E-state index contributed by atoms with van der Waals surface area (Å²) in [5.74, 6) is -3.51. The number of ether oxygens (including phenoxy) is 2. The van der Waals surface area contributed by atoms with Crippen molar-refractivity contribution in [3.8, 4) is 0 Å². The van der Waals surface area contributed by atoms with Gasteiger partial charge in [0.05, 0.1) is 0 Å². The van der Waals surface area contributed by atoms with E-state index in [2.05, 4.69) is 31.9 Å². The van der Waals surface area contributed by atoms with E-state index in [0.717, 1.165) is 11.1 Å². The van der Waals surface area contributed by atoms with Crippen LogP contribution < -0.4 is 54.8 Å². The van der Waals surface area contributed by atoms with E-state index in [1.54, 1.807) is 90.1 Å². The molecule has 6 amide bonds. The minimum atomic E-state index is -0.920. The zero-order chi connectivity index (χ0) is 42.3. The second kappa shape index (κ2) is 24.7. The lowest BCUT2D eigenvalue weighted by atomic mass is 9.97.